The molecule has 0 saturated heterocycles. The molecule has 0 amide bonds. The first-order valence-electron chi connectivity index (χ1n) is 4.82. The molecule has 1 aromatic carbocycles. The first kappa shape index (κ1) is 11.2. The number of nitrogens with one attached hydrogen (secondary N) is 1. The highest BCUT2D eigenvalue weighted by molar-refractivity contribution is 7.07. The van der Waals surface area contributed by atoms with Crippen LogP contribution in [-0.4, -0.2) is 4.98 Å². The molecule has 1 aromatic heterocycles. The summed E-state index contributed by atoms with van der Waals surface area (Å²) in [6.45, 7) is 1.91. The fourth-order valence-corrected chi connectivity index (χ4v) is 2.16. The largest absolute Gasteiger partial charge is 0.271 e. The maximum Gasteiger partial charge on any atom is 0.128 e. The number of thiazole rings is 1. The first-order valence-corrected chi connectivity index (χ1v) is 5.77. The number of aryl methyl sites for hydroxylation is 1. The van der Waals surface area contributed by atoms with Gasteiger partial charge in [-0.25, -0.2) is 14.8 Å². The van der Waals surface area contributed by atoms with Crippen LogP contribution < -0.4 is 11.3 Å². The van der Waals surface area contributed by atoms with Gasteiger partial charge in [0.25, 0.3) is 0 Å². The molecular formula is C11H12FN3S. The van der Waals surface area contributed by atoms with Gasteiger partial charge in [0.15, 0.2) is 0 Å². The lowest BCUT2D eigenvalue weighted by molar-refractivity contribution is 0.554. The first-order chi connectivity index (χ1) is 7.72. The maximum atomic E-state index is 13.7. The molecule has 2 rings (SSSR count). The molecule has 16 heavy (non-hydrogen) atoms. The Balaban J connectivity index is 2.44. The SMILES string of the molecule is Cc1ccc(F)c(C(NN)c2cscn2)c1. The average molecular weight is 237 g/mol. The Kier molecular flexibility index (Phi) is 3.28. The van der Waals surface area contributed by atoms with Crippen molar-refractivity contribution in [1.82, 2.24) is 10.4 Å². The Morgan fingerprint density at radius 2 is 2.31 bits per heavy atom. The molecule has 84 valence electrons. The fraction of sp³-hybridized carbons (Fsp3) is 0.182. The van der Waals surface area contributed by atoms with Gasteiger partial charge >= 0.3 is 0 Å². The van der Waals surface area contributed by atoms with Crippen molar-refractivity contribution >= 4 is 11.3 Å². The molecule has 3 nitrogen and oxygen atoms in total. The van der Waals surface area contributed by atoms with E-state index < -0.39 is 6.04 Å². The Morgan fingerprint density at radius 1 is 1.50 bits per heavy atom. The van der Waals surface area contributed by atoms with Gasteiger partial charge in [-0.15, -0.1) is 11.3 Å². The molecule has 0 aliphatic rings. The zero-order valence-corrected chi connectivity index (χ0v) is 9.59. The second kappa shape index (κ2) is 4.69. The van der Waals surface area contributed by atoms with E-state index in [1.54, 1.807) is 17.6 Å². The molecule has 2 aromatic rings. The van der Waals surface area contributed by atoms with Crippen LogP contribution in [-0.2, 0) is 0 Å². The minimum Gasteiger partial charge on any atom is -0.271 e. The summed E-state index contributed by atoms with van der Waals surface area (Å²) in [6.07, 6.45) is 0. The van der Waals surface area contributed by atoms with E-state index >= 15 is 0 Å². The zero-order valence-electron chi connectivity index (χ0n) is 8.77. The van der Waals surface area contributed by atoms with Crippen molar-refractivity contribution in [2.24, 2.45) is 5.84 Å². The van der Waals surface area contributed by atoms with Crippen LogP contribution >= 0.6 is 11.3 Å². The lowest BCUT2D eigenvalue weighted by Gasteiger charge is -2.15. The summed E-state index contributed by atoms with van der Waals surface area (Å²) in [7, 11) is 0. The molecule has 1 unspecified atom stereocenters. The van der Waals surface area contributed by atoms with Crippen LogP contribution in [0.15, 0.2) is 29.1 Å². The predicted octanol–water partition coefficient (Wildman–Crippen LogP) is 2.14. The van der Waals surface area contributed by atoms with E-state index in [2.05, 4.69) is 10.4 Å². The number of hydrazine groups is 1. The third kappa shape index (κ3) is 2.11. The fourth-order valence-electron chi connectivity index (χ4n) is 1.58. The summed E-state index contributed by atoms with van der Waals surface area (Å²) in [6, 6.07) is 4.56. The van der Waals surface area contributed by atoms with Crippen LogP contribution in [0.3, 0.4) is 0 Å². The summed E-state index contributed by atoms with van der Waals surface area (Å²) in [5, 5.41) is 1.85. The van der Waals surface area contributed by atoms with Gasteiger partial charge in [-0.3, -0.25) is 5.84 Å². The number of aromatic nitrogens is 1. The number of nitrogens with two attached hydrogens (primary N) is 1. The molecule has 0 radical (unpaired) electrons. The van der Waals surface area contributed by atoms with Crippen LogP contribution in [0.5, 0.6) is 0 Å². The molecule has 0 spiro atoms. The lowest BCUT2D eigenvalue weighted by atomic mass is 10.0. The molecule has 0 saturated carbocycles. The van der Waals surface area contributed by atoms with Crippen LogP contribution in [0, 0.1) is 12.7 Å². The average Bonchev–Trinajstić information content (AvgIpc) is 2.78. The van der Waals surface area contributed by atoms with Gasteiger partial charge in [-0.1, -0.05) is 17.7 Å². The minimum atomic E-state index is -0.397. The molecule has 1 heterocycles. The molecule has 0 aliphatic carbocycles. The molecule has 0 bridgehead atoms. The van der Waals surface area contributed by atoms with E-state index in [9.17, 15) is 4.39 Å². The number of halogens is 1. The number of hydrogen-bond acceptors (Lipinski definition) is 4. The van der Waals surface area contributed by atoms with Gasteiger partial charge in [0.2, 0.25) is 0 Å². The number of rotatable bonds is 3. The zero-order chi connectivity index (χ0) is 11.5. The highest BCUT2D eigenvalue weighted by Crippen LogP contribution is 2.24. The Hall–Kier alpha value is -1.30. The van der Waals surface area contributed by atoms with Gasteiger partial charge in [-0.2, -0.15) is 0 Å². The third-order valence-electron chi connectivity index (χ3n) is 2.38. The van der Waals surface area contributed by atoms with E-state index in [1.165, 1.54) is 17.4 Å². The topological polar surface area (TPSA) is 50.9 Å². The summed E-state index contributed by atoms with van der Waals surface area (Å²) in [4.78, 5) is 4.14. The third-order valence-corrected chi connectivity index (χ3v) is 2.98. The number of hydrogen-bond donors (Lipinski definition) is 2. The van der Waals surface area contributed by atoms with Gasteiger partial charge in [0.1, 0.15) is 5.82 Å². The van der Waals surface area contributed by atoms with Crippen molar-refractivity contribution in [3.63, 3.8) is 0 Å². The standard InChI is InChI=1S/C11H12FN3S/c1-7-2-3-9(12)8(4-7)11(15-13)10-5-16-6-14-10/h2-6,11,15H,13H2,1H3. The monoisotopic (exact) mass is 237 g/mol. The van der Waals surface area contributed by atoms with Crippen molar-refractivity contribution in [1.29, 1.82) is 0 Å². The highest BCUT2D eigenvalue weighted by atomic mass is 32.1. The van der Waals surface area contributed by atoms with Crippen molar-refractivity contribution < 1.29 is 4.39 Å². The van der Waals surface area contributed by atoms with E-state index in [0.29, 0.717) is 5.56 Å². The molecule has 3 N–H and O–H groups in total. The molecule has 0 fully saturated rings. The van der Waals surface area contributed by atoms with Gasteiger partial charge in [0.05, 0.1) is 17.2 Å². The van der Waals surface area contributed by atoms with Crippen molar-refractivity contribution in [3.05, 3.63) is 51.7 Å². The molecule has 5 heteroatoms. The molecule has 1 atom stereocenters. The minimum absolute atomic E-state index is 0.276. The second-order valence-corrected chi connectivity index (χ2v) is 4.26. The lowest BCUT2D eigenvalue weighted by Crippen LogP contribution is -2.29. The quantitative estimate of drug-likeness (QED) is 0.635. The molecule has 0 aliphatic heterocycles. The highest BCUT2D eigenvalue weighted by Gasteiger charge is 2.18. The van der Waals surface area contributed by atoms with E-state index in [4.69, 9.17) is 5.84 Å². The summed E-state index contributed by atoms with van der Waals surface area (Å²) >= 11 is 1.46. The van der Waals surface area contributed by atoms with Crippen molar-refractivity contribution in [2.45, 2.75) is 13.0 Å². The Morgan fingerprint density at radius 3 is 2.94 bits per heavy atom. The van der Waals surface area contributed by atoms with Crippen LogP contribution in [0.2, 0.25) is 0 Å². The summed E-state index contributed by atoms with van der Waals surface area (Å²) < 4.78 is 13.7. The van der Waals surface area contributed by atoms with Gasteiger partial charge in [-0.05, 0) is 13.0 Å². The van der Waals surface area contributed by atoms with Crippen molar-refractivity contribution in [3.8, 4) is 0 Å². The normalized spacial score (nSPS) is 12.7. The van der Waals surface area contributed by atoms with Crippen molar-refractivity contribution in [2.75, 3.05) is 0 Å². The summed E-state index contributed by atoms with van der Waals surface area (Å²) in [5.41, 5.74) is 6.54. The Bertz CT molecular complexity index is 470. The number of benzene rings is 1. The Labute approximate surface area is 97.1 Å². The van der Waals surface area contributed by atoms with E-state index in [1.807, 2.05) is 12.3 Å². The second-order valence-electron chi connectivity index (χ2n) is 3.54. The summed E-state index contributed by atoms with van der Waals surface area (Å²) in [5.74, 6) is 5.19. The smallest absolute Gasteiger partial charge is 0.128 e. The van der Waals surface area contributed by atoms with E-state index in [0.717, 1.165) is 11.3 Å². The molecular weight excluding hydrogens is 225 g/mol. The number of nitrogens with zero attached hydrogens (tertiary/aromatic N) is 1. The van der Waals surface area contributed by atoms with Crippen LogP contribution in [0.25, 0.3) is 0 Å². The maximum absolute atomic E-state index is 13.7. The van der Waals surface area contributed by atoms with Crippen LogP contribution in [0.1, 0.15) is 22.9 Å². The van der Waals surface area contributed by atoms with Gasteiger partial charge < -0.3 is 0 Å². The van der Waals surface area contributed by atoms with Crippen LogP contribution in [0.4, 0.5) is 4.39 Å². The van der Waals surface area contributed by atoms with Gasteiger partial charge in [0, 0.05) is 10.9 Å². The van der Waals surface area contributed by atoms with E-state index in [-0.39, 0.29) is 5.82 Å². The predicted molar refractivity (Wildman–Crippen MR) is 62.4 cm³/mol.